The Labute approximate surface area is 101 Å². The second-order valence-corrected chi connectivity index (χ2v) is 3.46. The van der Waals surface area contributed by atoms with Crippen molar-refractivity contribution < 1.29 is 4.74 Å². The lowest BCUT2D eigenvalue weighted by Crippen LogP contribution is -1.98. The summed E-state index contributed by atoms with van der Waals surface area (Å²) in [5.41, 5.74) is 1.82. The average Bonchev–Trinajstić information content (AvgIpc) is 2.39. The van der Waals surface area contributed by atoms with Gasteiger partial charge in [-0.05, 0) is 19.1 Å². The van der Waals surface area contributed by atoms with Crippen LogP contribution in [-0.4, -0.2) is 23.6 Å². The van der Waals surface area contributed by atoms with Crippen molar-refractivity contribution in [2.45, 2.75) is 6.92 Å². The minimum atomic E-state index is 0.656. The molecule has 0 aliphatic heterocycles. The van der Waals surface area contributed by atoms with Gasteiger partial charge < -0.3 is 10.1 Å². The molecule has 0 atom stereocenters. The van der Waals surface area contributed by atoms with Crippen molar-refractivity contribution in [2.75, 3.05) is 19.0 Å². The monoisotopic (exact) mass is 229 g/mol. The summed E-state index contributed by atoms with van der Waals surface area (Å²) in [6.45, 7) is 2.62. The molecule has 0 saturated heterocycles. The maximum absolute atomic E-state index is 5.47. The zero-order chi connectivity index (χ0) is 12.1. The van der Waals surface area contributed by atoms with Crippen LogP contribution in [0.5, 0.6) is 5.75 Å². The zero-order valence-corrected chi connectivity index (χ0v) is 9.97. The van der Waals surface area contributed by atoms with Crippen molar-refractivity contribution in [1.82, 2.24) is 9.97 Å². The number of nitrogens with zero attached hydrogens (tertiary/aromatic N) is 2. The van der Waals surface area contributed by atoms with E-state index in [4.69, 9.17) is 4.74 Å². The Hall–Kier alpha value is -2.10. The molecular formula is C13H15N3O. The Balaban J connectivity index is 2.41. The number of aromatic nitrogens is 2. The van der Waals surface area contributed by atoms with Crippen molar-refractivity contribution in [3.8, 4) is 17.0 Å². The third-order valence-corrected chi connectivity index (χ3v) is 2.35. The molecule has 0 bridgehead atoms. The molecule has 1 heterocycles. The van der Waals surface area contributed by atoms with Crippen molar-refractivity contribution in [1.29, 1.82) is 0 Å². The van der Waals surface area contributed by atoms with Crippen molar-refractivity contribution in [3.05, 3.63) is 36.7 Å². The molecular weight excluding hydrogens is 214 g/mol. The van der Waals surface area contributed by atoms with E-state index in [2.05, 4.69) is 15.3 Å². The summed E-state index contributed by atoms with van der Waals surface area (Å²) in [5, 5.41) is 3.03. The summed E-state index contributed by atoms with van der Waals surface area (Å²) in [4.78, 5) is 8.58. The van der Waals surface area contributed by atoms with Gasteiger partial charge >= 0.3 is 0 Å². The highest BCUT2D eigenvalue weighted by molar-refractivity contribution is 5.71. The van der Waals surface area contributed by atoms with E-state index in [1.807, 2.05) is 38.2 Å². The van der Waals surface area contributed by atoms with Crippen LogP contribution in [0.15, 0.2) is 36.7 Å². The minimum Gasteiger partial charge on any atom is -0.494 e. The zero-order valence-electron chi connectivity index (χ0n) is 9.97. The van der Waals surface area contributed by atoms with E-state index in [1.165, 1.54) is 0 Å². The molecule has 2 aromatic rings. The number of ether oxygens (including phenoxy) is 1. The average molecular weight is 229 g/mol. The van der Waals surface area contributed by atoms with Gasteiger partial charge in [-0.25, -0.2) is 4.98 Å². The number of anilines is 1. The van der Waals surface area contributed by atoms with Crippen LogP contribution in [0.2, 0.25) is 0 Å². The highest BCUT2D eigenvalue weighted by Crippen LogP contribution is 2.26. The maximum Gasteiger partial charge on any atom is 0.152 e. The molecule has 1 aromatic carbocycles. The molecule has 0 unspecified atom stereocenters. The van der Waals surface area contributed by atoms with E-state index in [0.717, 1.165) is 22.8 Å². The van der Waals surface area contributed by atoms with Crippen LogP contribution in [0.3, 0.4) is 0 Å². The highest BCUT2D eigenvalue weighted by Gasteiger charge is 2.06. The molecule has 4 heteroatoms. The van der Waals surface area contributed by atoms with E-state index in [0.29, 0.717) is 6.61 Å². The summed E-state index contributed by atoms with van der Waals surface area (Å²) < 4.78 is 5.47. The Bertz CT molecular complexity index is 500. The van der Waals surface area contributed by atoms with Crippen molar-refractivity contribution in [2.24, 2.45) is 0 Å². The highest BCUT2D eigenvalue weighted by atomic mass is 16.5. The lowest BCUT2D eigenvalue weighted by atomic mass is 10.1. The van der Waals surface area contributed by atoms with Crippen LogP contribution in [0.25, 0.3) is 11.3 Å². The molecule has 0 spiro atoms. The summed E-state index contributed by atoms with van der Waals surface area (Å²) in [7, 11) is 1.83. The molecule has 1 aromatic heterocycles. The van der Waals surface area contributed by atoms with Gasteiger partial charge in [0.15, 0.2) is 5.82 Å². The van der Waals surface area contributed by atoms with Gasteiger partial charge in [0.2, 0.25) is 0 Å². The summed E-state index contributed by atoms with van der Waals surface area (Å²) >= 11 is 0. The van der Waals surface area contributed by atoms with E-state index >= 15 is 0 Å². The molecule has 0 aliphatic rings. The molecule has 88 valence electrons. The van der Waals surface area contributed by atoms with Crippen molar-refractivity contribution >= 4 is 5.82 Å². The lowest BCUT2D eigenvalue weighted by Gasteiger charge is -2.08. The lowest BCUT2D eigenvalue weighted by molar-refractivity contribution is 0.340. The Morgan fingerprint density at radius 2 is 2.06 bits per heavy atom. The van der Waals surface area contributed by atoms with E-state index < -0.39 is 0 Å². The second kappa shape index (κ2) is 5.30. The van der Waals surface area contributed by atoms with E-state index in [9.17, 15) is 0 Å². The number of benzene rings is 1. The van der Waals surface area contributed by atoms with Gasteiger partial charge in [0.05, 0.1) is 6.61 Å². The molecule has 4 nitrogen and oxygen atoms in total. The van der Waals surface area contributed by atoms with Crippen LogP contribution >= 0.6 is 0 Å². The number of rotatable bonds is 4. The Morgan fingerprint density at radius 3 is 2.82 bits per heavy atom. The van der Waals surface area contributed by atoms with Gasteiger partial charge in [0, 0.05) is 25.0 Å². The Kier molecular flexibility index (Phi) is 3.55. The maximum atomic E-state index is 5.47. The van der Waals surface area contributed by atoms with Crippen LogP contribution in [-0.2, 0) is 0 Å². The van der Waals surface area contributed by atoms with Gasteiger partial charge in [-0.2, -0.15) is 0 Å². The molecule has 0 aliphatic carbocycles. The predicted octanol–water partition coefficient (Wildman–Crippen LogP) is 2.58. The smallest absolute Gasteiger partial charge is 0.152 e. The summed E-state index contributed by atoms with van der Waals surface area (Å²) in [6.07, 6.45) is 3.35. The largest absolute Gasteiger partial charge is 0.494 e. The molecule has 2 rings (SSSR count). The number of hydrogen-bond donors (Lipinski definition) is 1. The minimum absolute atomic E-state index is 0.656. The first-order chi connectivity index (χ1) is 8.35. The van der Waals surface area contributed by atoms with Crippen LogP contribution in [0.1, 0.15) is 6.92 Å². The van der Waals surface area contributed by atoms with Gasteiger partial charge in [-0.15, -0.1) is 0 Å². The van der Waals surface area contributed by atoms with E-state index in [-0.39, 0.29) is 0 Å². The normalized spacial score (nSPS) is 10.0. The fraction of sp³-hybridized carbons (Fsp3) is 0.231. The summed E-state index contributed by atoms with van der Waals surface area (Å²) in [6, 6.07) is 7.85. The summed E-state index contributed by atoms with van der Waals surface area (Å²) in [5.74, 6) is 1.61. The first-order valence-corrected chi connectivity index (χ1v) is 5.57. The van der Waals surface area contributed by atoms with Gasteiger partial charge in [-0.3, -0.25) is 4.98 Å². The fourth-order valence-electron chi connectivity index (χ4n) is 1.63. The number of hydrogen-bond acceptors (Lipinski definition) is 4. The number of nitrogens with one attached hydrogen (secondary N) is 1. The quantitative estimate of drug-likeness (QED) is 0.875. The van der Waals surface area contributed by atoms with E-state index in [1.54, 1.807) is 12.4 Å². The molecule has 1 N–H and O–H groups in total. The molecule has 17 heavy (non-hydrogen) atoms. The third-order valence-electron chi connectivity index (χ3n) is 2.35. The van der Waals surface area contributed by atoms with Crippen LogP contribution < -0.4 is 10.1 Å². The standard InChI is InChI=1S/C13H15N3O/c1-3-17-11-6-4-5-10(9-11)12-13(14-2)16-8-7-15-12/h4-9H,3H2,1-2H3,(H,14,16). The first kappa shape index (κ1) is 11.4. The molecule has 0 amide bonds. The van der Waals surface area contributed by atoms with Gasteiger partial charge in [0.1, 0.15) is 11.4 Å². The second-order valence-electron chi connectivity index (χ2n) is 3.46. The molecule has 0 radical (unpaired) electrons. The van der Waals surface area contributed by atoms with Crippen molar-refractivity contribution in [3.63, 3.8) is 0 Å². The topological polar surface area (TPSA) is 47.0 Å². The van der Waals surface area contributed by atoms with Gasteiger partial charge in [-0.1, -0.05) is 12.1 Å². The fourth-order valence-corrected chi connectivity index (χ4v) is 1.63. The Morgan fingerprint density at radius 1 is 1.24 bits per heavy atom. The molecule has 0 fully saturated rings. The van der Waals surface area contributed by atoms with Crippen LogP contribution in [0, 0.1) is 0 Å². The predicted molar refractivity (Wildman–Crippen MR) is 68.2 cm³/mol. The third kappa shape index (κ3) is 2.53. The SMILES string of the molecule is CCOc1cccc(-c2nccnc2NC)c1. The first-order valence-electron chi connectivity index (χ1n) is 5.57. The van der Waals surface area contributed by atoms with Crippen LogP contribution in [0.4, 0.5) is 5.82 Å². The van der Waals surface area contributed by atoms with Gasteiger partial charge in [0.25, 0.3) is 0 Å². The molecule has 0 saturated carbocycles.